The quantitative estimate of drug-likeness (QED) is 0.795. The molecule has 0 radical (unpaired) electrons. The van der Waals surface area contributed by atoms with Gasteiger partial charge in [-0.3, -0.25) is 4.72 Å². The van der Waals surface area contributed by atoms with E-state index in [0.717, 1.165) is 16.3 Å². The Bertz CT molecular complexity index is 896. The molecule has 0 unspecified atom stereocenters. The molecule has 0 atom stereocenters. The van der Waals surface area contributed by atoms with E-state index in [0.29, 0.717) is 5.69 Å². The van der Waals surface area contributed by atoms with Gasteiger partial charge in [0.25, 0.3) is 10.0 Å². The highest BCUT2D eigenvalue weighted by molar-refractivity contribution is 7.92. The van der Waals surface area contributed by atoms with Gasteiger partial charge in [-0.1, -0.05) is 48.5 Å². The van der Waals surface area contributed by atoms with Crippen molar-refractivity contribution < 1.29 is 8.42 Å². The highest BCUT2D eigenvalue weighted by Crippen LogP contribution is 2.25. The zero-order valence-corrected chi connectivity index (χ0v) is 12.4. The fourth-order valence-corrected chi connectivity index (χ4v) is 3.48. The summed E-state index contributed by atoms with van der Waals surface area (Å²) in [5.41, 5.74) is 1.51. The Balaban J connectivity index is 2.06. The number of nitrogens with one attached hydrogen (secondary N) is 1. The fourth-order valence-electron chi connectivity index (χ4n) is 2.30. The van der Waals surface area contributed by atoms with E-state index in [1.54, 1.807) is 24.3 Å². The van der Waals surface area contributed by atoms with Crippen LogP contribution >= 0.6 is 0 Å². The van der Waals surface area contributed by atoms with Gasteiger partial charge >= 0.3 is 0 Å². The summed E-state index contributed by atoms with van der Waals surface area (Å²) in [5.74, 6) is 0. The van der Waals surface area contributed by atoms with Crippen molar-refractivity contribution in [2.45, 2.75) is 11.8 Å². The summed E-state index contributed by atoms with van der Waals surface area (Å²) in [6, 6.07) is 20.1. The zero-order valence-electron chi connectivity index (χ0n) is 11.6. The molecule has 106 valence electrons. The molecule has 0 saturated carbocycles. The normalized spacial score (nSPS) is 11.5. The van der Waals surface area contributed by atoms with E-state index in [-0.39, 0.29) is 4.90 Å². The van der Waals surface area contributed by atoms with Gasteiger partial charge < -0.3 is 0 Å². The lowest BCUT2D eigenvalue weighted by molar-refractivity contribution is 0.601. The molecule has 4 heteroatoms. The number of benzene rings is 3. The van der Waals surface area contributed by atoms with Crippen LogP contribution < -0.4 is 4.72 Å². The second-order valence-electron chi connectivity index (χ2n) is 4.95. The lowest BCUT2D eigenvalue weighted by atomic mass is 10.1. The third-order valence-corrected chi connectivity index (χ3v) is 4.70. The molecule has 0 fully saturated rings. The third-order valence-electron chi connectivity index (χ3n) is 3.33. The Morgan fingerprint density at radius 1 is 0.857 bits per heavy atom. The zero-order chi connectivity index (χ0) is 14.9. The van der Waals surface area contributed by atoms with Crippen molar-refractivity contribution in [2.75, 3.05) is 4.72 Å². The first kappa shape index (κ1) is 13.6. The molecule has 3 nitrogen and oxygen atoms in total. The molecular weight excluding hydrogens is 282 g/mol. The van der Waals surface area contributed by atoms with Crippen LogP contribution in [0.2, 0.25) is 0 Å². The molecule has 0 aliphatic carbocycles. The van der Waals surface area contributed by atoms with Gasteiger partial charge in [0.1, 0.15) is 0 Å². The number of fused-ring (bicyclic) bond motifs is 1. The Kier molecular flexibility index (Phi) is 3.39. The fraction of sp³-hybridized carbons (Fsp3) is 0.0588. The summed E-state index contributed by atoms with van der Waals surface area (Å²) in [6.07, 6.45) is 0. The van der Waals surface area contributed by atoms with Gasteiger partial charge in [-0.15, -0.1) is 0 Å². The van der Waals surface area contributed by atoms with Gasteiger partial charge in [0, 0.05) is 5.39 Å². The van der Waals surface area contributed by atoms with Crippen LogP contribution in [0.1, 0.15) is 5.56 Å². The smallest absolute Gasteiger partial charge is 0.261 e. The van der Waals surface area contributed by atoms with Crippen molar-refractivity contribution in [2.24, 2.45) is 0 Å². The van der Waals surface area contributed by atoms with Crippen LogP contribution in [0.5, 0.6) is 0 Å². The molecule has 1 N–H and O–H groups in total. The minimum atomic E-state index is -3.58. The first-order chi connectivity index (χ1) is 10.1. The molecule has 3 rings (SSSR count). The lowest BCUT2D eigenvalue weighted by Crippen LogP contribution is -2.13. The molecular formula is C17H15NO2S. The molecule has 0 aliphatic rings. The summed E-state index contributed by atoms with van der Waals surface area (Å²) >= 11 is 0. The van der Waals surface area contributed by atoms with E-state index in [9.17, 15) is 8.42 Å². The lowest BCUT2D eigenvalue weighted by Gasteiger charge is -2.11. The Labute approximate surface area is 124 Å². The summed E-state index contributed by atoms with van der Waals surface area (Å²) in [7, 11) is -3.58. The van der Waals surface area contributed by atoms with Gasteiger partial charge in [-0.25, -0.2) is 8.42 Å². The van der Waals surface area contributed by atoms with E-state index in [2.05, 4.69) is 4.72 Å². The standard InChI is InChI=1S/C17H15NO2S/c1-13-6-4-9-15(12-13)21(19,20)18-17-11-5-8-14-7-2-3-10-16(14)17/h2-12,18H,1H3. The van der Waals surface area contributed by atoms with Gasteiger partial charge in [0.15, 0.2) is 0 Å². The van der Waals surface area contributed by atoms with Crippen LogP contribution in [0.4, 0.5) is 5.69 Å². The first-order valence-electron chi connectivity index (χ1n) is 6.63. The van der Waals surface area contributed by atoms with Crippen LogP contribution in [0.25, 0.3) is 10.8 Å². The molecule has 0 heterocycles. The van der Waals surface area contributed by atoms with Crippen LogP contribution in [-0.2, 0) is 10.0 Å². The number of aryl methyl sites for hydroxylation is 1. The van der Waals surface area contributed by atoms with Crippen LogP contribution in [-0.4, -0.2) is 8.42 Å². The average Bonchev–Trinajstić information content (AvgIpc) is 2.47. The van der Waals surface area contributed by atoms with Gasteiger partial charge in [0.2, 0.25) is 0 Å². The van der Waals surface area contributed by atoms with E-state index < -0.39 is 10.0 Å². The highest BCUT2D eigenvalue weighted by atomic mass is 32.2. The summed E-state index contributed by atoms with van der Waals surface area (Å²) < 4.78 is 27.6. The average molecular weight is 297 g/mol. The van der Waals surface area contributed by atoms with Crippen LogP contribution in [0.15, 0.2) is 71.6 Å². The number of sulfonamides is 1. The van der Waals surface area contributed by atoms with Crippen LogP contribution in [0.3, 0.4) is 0 Å². The van der Waals surface area contributed by atoms with Gasteiger partial charge in [-0.2, -0.15) is 0 Å². The van der Waals surface area contributed by atoms with Crippen molar-refractivity contribution in [3.63, 3.8) is 0 Å². The van der Waals surface area contributed by atoms with Crippen molar-refractivity contribution in [3.8, 4) is 0 Å². The van der Waals surface area contributed by atoms with E-state index in [4.69, 9.17) is 0 Å². The maximum absolute atomic E-state index is 12.5. The molecule has 0 bridgehead atoms. The number of hydrogen-bond donors (Lipinski definition) is 1. The number of anilines is 1. The monoisotopic (exact) mass is 297 g/mol. The molecule has 0 aliphatic heterocycles. The van der Waals surface area contributed by atoms with Crippen molar-refractivity contribution >= 4 is 26.5 Å². The topological polar surface area (TPSA) is 46.2 Å². The van der Waals surface area contributed by atoms with E-state index in [1.165, 1.54) is 0 Å². The molecule has 3 aromatic carbocycles. The second kappa shape index (κ2) is 5.22. The van der Waals surface area contributed by atoms with Crippen molar-refractivity contribution in [3.05, 3.63) is 72.3 Å². The minimum absolute atomic E-state index is 0.274. The molecule has 0 amide bonds. The Morgan fingerprint density at radius 3 is 2.38 bits per heavy atom. The predicted molar refractivity (Wildman–Crippen MR) is 85.9 cm³/mol. The molecule has 0 aromatic heterocycles. The predicted octanol–water partition coefficient (Wildman–Crippen LogP) is 3.95. The van der Waals surface area contributed by atoms with Crippen molar-refractivity contribution in [1.29, 1.82) is 0 Å². The van der Waals surface area contributed by atoms with Crippen molar-refractivity contribution in [1.82, 2.24) is 0 Å². The largest absolute Gasteiger partial charge is 0.279 e. The Hall–Kier alpha value is -2.33. The third kappa shape index (κ3) is 2.76. The molecule has 0 saturated heterocycles. The second-order valence-corrected chi connectivity index (χ2v) is 6.63. The summed E-state index contributed by atoms with van der Waals surface area (Å²) in [5, 5.41) is 1.89. The SMILES string of the molecule is Cc1cccc(S(=O)(=O)Nc2cccc3ccccc23)c1. The first-order valence-corrected chi connectivity index (χ1v) is 8.12. The van der Waals surface area contributed by atoms with Crippen LogP contribution in [0, 0.1) is 6.92 Å². The summed E-state index contributed by atoms with van der Waals surface area (Å²) in [6.45, 7) is 1.87. The minimum Gasteiger partial charge on any atom is -0.279 e. The highest BCUT2D eigenvalue weighted by Gasteiger charge is 2.15. The van der Waals surface area contributed by atoms with Gasteiger partial charge in [-0.05, 0) is 36.1 Å². The maximum Gasteiger partial charge on any atom is 0.261 e. The van der Waals surface area contributed by atoms with E-state index in [1.807, 2.05) is 49.4 Å². The van der Waals surface area contributed by atoms with Gasteiger partial charge in [0.05, 0.1) is 10.6 Å². The summed E-state index contributed by atoms with van der Waals surface area (Å²) in [4.78, 5) is 0.274. The molecule has 3 aromatic rings. The van der Waals surface area contributed by atoms with E-state index >= 15 is 0 Å². The molecule has 21 heavy (non-hydrogen) atoms. The molecule has 0 spiro atoms. The number of hydrogen-bond acceptors (Lipinski definition) is 2. The number of rotatable bonds is 3. The Morgan fingerprint density at radius 2 is 1.57 bits per heavy atom. The maximum atomic E-state index is 12.5.